The number of fused-ring (bicyclic) bond motifs is 1. The van der Waals surface area contributed by atoms with Crippen LogP contribution in [-0.4, -0.2) is 0 Å². The van der Waals surface area contributed by atoms with E-state index < -0.39 is 17.5 Å². The Hall–Kier alpha value is -3.84. The lowest BCUT2D eigenvalue weighted by Gasteiger charge is -2.07. The number of benzene rings is 4. The van der Waals surface area contributed by atoms with Crippen LogP contribution in [0.1, 0.15) is 34.2 Å². The van der Waals surface area contributed by atoms with E-state index in [4.69, 9.17) is 0 Å². The number of aryl methyl sites for hydroxylation is 3. The summed E-state index contributed by atoms with van der Waals surface area (Å²) in [5.74, 6) is 3.15. The summed E-state index contributed by atoms with van der Waals surface area (Å²) in [6.45, 7) is 3.68. The van der Waals surface area contributed by atoms with E-state index in [1.165, 1.54) is 18.2 Å². The topological polar surface area (TPSA) is 0 Å². The fraction of sp³-hybridized carbons (Fsp3) is 0.133. The minimum atomic E-state index is -0.906. The van der Waals surface area contributed by atoms with Crippen molar-refractivity contribution in [2.24, 2.45) is 0 Å². The maximum Gasteiger partial charge on any atom is 0.166 e. The molecule has 0 nitrogen and oxygen atoms in total. The van der Waals surface area contributed by atoms with Crippen molar-refractivity contribution in [1.29, 1.82) is 0 Å². The molecular weight excluding hydrogens is 436 g/mol. The molecule has 0 saturated carbocycles. The molecule has 170 valence electrons. The number of halogens is 4. The Morgan fingerprint density at radius 3 is 2.21 bits per heavy atom. The molecule has 4 heteroatoms. The van der Waals surface area contributed by atoms with Crippen LogP contribution in [0.3, 0.4) is 0 Å². The van der Waals surface area contributed by atoms with E-state index in [1.54, 1.807) is 42.5 Å². The normalized spacial score (nSPS) is 10.7. The zero-order valence-electron chi connectivity index (χ0n) is 18.5. The summed E-state index contributed by atoms with van der Waals surface area (Å²) >= 11 is 0. The van der Waals surface area contributed by atoms with Crippen molar-refractivity contribution in [3.8, 4) is 11.8 Å². The van der Waals surface area contributed by atoms with Crippen LogP contribution in [0.5, 0.6) is 0 Å². The van der Waals surface area contributed by atoms with Gasteiger partial charge in [0.15, 0.2) is 11.6 Å². The first-order valence-corrected chi connectivity index (χ1v) is 11.0. The van der Waals surface area contributed by atoms with Gasteiger partial charge in [0, 0.05) is 10.9 Å². The molecule has 0 saturated heterocycles. The van der Waals surface area contributed by atoms with Crippen molar-refractivity contribution in [3.63, 3.8) is 0 Å². The summed E-state index contributed by atoms with van der Waals surface area (Å²) in [4.78, 5) is 0. The van der Waals surface area contributed by atoms with Crippen LogP contribution < -0.4 is 0 Å². The molecular formula is C30H22F4. The second kappa shape index (κ2) is 10.4. The highest BCUT2D eigenvalue weighted by molar-refractivity contribution is 5.84. The fourth-order valence-corrected chi connectivity index (χ4v) is 3.79. The van der Waals surface area contributed by atoms with Gasteiger partial charge in [-0.15, -0.1) is 6.58 Å². The summed E-state index contributed by atoms with van der Waals surface area (Å²) in [6.07, 6.45) is 4.32. The molecule has 0 amide bonds. The van der Waals surface area contributed by atoms with Gasteiger partial charge in [-0.05, 0) is 84.2 Å². The molecule has 0 aliphatic carbocycles. The van der Waals surface area contributed by atoms with Crippen molar-refractivity contribution >= 4 is 10.8 Å². The van der Waals surface area contributed by atoms with E-state index >= 15 is 0 Å². The molecule has 0 spiro atoms. The molecule has 4 rings (SSSR count). The Balaban J connectivity index is 1.45. The molecule has 0 aliphatic rings. The standard InChI is InChI=1S/C30H22F4/c1-2-3-4-20-5-10-23(28(32)18-20)12-7-22-8-13-24(29(33)19-22)11-6-21-9-15-26-25(17-21)14-16-27(31)30(26)34/h2,5,8-10,13-19H,1,3-4,7,12H2. The SMILES string of the molecule is C=CCCc1ccc(CCc2ccc(C#Cc3ccc4c(F)c(F)ccc4c3)c(F)c2)c(F)c1. The van der Waals surface area contributed by atoms with Gasteiger partial charge in [0.2, 0.25) is 0 Å². The third-order valence-corrected chi connectivity index (χ3v) is 5.72. The first kappa shape index (κ1) is 23.3. The average Bonchev–Trinajstić information content (AvgIpc) is 2.84. The first-order valence-electron chi connectivity index (χ1n) is 11.0. The van der Waals surface area contributed by atoms with E-state index in [9.17, 15) is 17.6 Å². The molecule has 34 heavy (non-hydrogen) atoms. The van der Waals surface area contributed by atoms with E-state index in [0.29, 0.717) is 29.4 Å². The third-order valence-electron chi connectivity index (χ3n) is 5.72. The summed E-state index contributed by atoms with van der Waals surface area (Å²) in [7, 11) is 0. The van der Waals surface area contributed by atoms with Crippen LogP contribution >= 0.6 is 0 Å². The summed E-state index contributed by atoms with van der Waals surface area (Å²) in [6, 6.07) is 17.3. The van der Waals surface area contributed by atoms with Crippen LogP contribution in [0.2, 0.25) is 0 Å². The van der Waals surface area contributed by atoms with Gasteiger partial charge in [-0.2, -0.15) is 0 Å². The van der Waals surface area contributed by atoms with Gasteiger partial charge in [0.05, 0.1) is 5.56 Å². The van der Waals surface area contributed by atoms with Crippen LogP contribution in [-0.2, 0) is 19.3 Å². The number of hydrogen-bond acceptors (Lipinski definition) is 0. The minimum Gasteiger partial charge on any atom is -0.207 e. The second-order valence-corrected chi connectivity index (χ2v) is 8.11. The van der Waals surface area contributed by atoms with Gasteiger partial charge >= 0.3 is 0 Å². The maximum absolute atomic E-state index is 14.6. The van der Waals surface area contributed by atoms with Crippen LogP contribution in [0.25, 0.3) is 10.8 Å². The molecule has 0 N–H and O–H groups in total. The van der Waals surface area contributed by atoms with Crippen molar-refractivity contribution in [2.45, 2.75) is 25.7 Å². The molecule has 0 radical (unpaired) electrons. The highest BCUT2D eigenvalue weighted by Gasteiger charge is 2.08. The minimum absolute atomic E-state index is 0.170. The maximum atomic E-state index is 14.6. The lowest BCUT2D eigenvalue weighted by atomic mass is 10.00. The largest absolute Gasteiger partial charge is 0.207 e. The van der Waals surface area contributed by atoms with Gasteiger partial charge in [-0.25, -0.2) is 17.6 Å². The molecule has 0 unspecified atom stereocenters. The summed E-state index contributed by atoms with van der Waals surface area (Å²) < 4.78 is 56.2. The highest BCUT2D eigenvalue weighted by Crippen LogP contribution is 2.22. The lowest BCUT2D eigenvalue weighted by molar-refractivity contribution is 0.517. The monoisotopic (exact) mass is 458 g/mol. The lowest BCUT2D eigenvalue weighted by Crippen LogP contribution is -1.98. The Labute approximate surface area is 196 Å². The van der Waals surface area contributed by atoms with Crippen molar-refractivity contribution in [2.75, 3.05) is 0 Å². The molecule has 4 aromatic carbocycles. The third kappa shape index (κ3) is 5.38. The van der Waals surface area contributed by atoms with E-state index in [-0.39, 0.29) is 16.8 Å². The van der Waals surface area contributed by atoms with Gasteiger partial charge in [0.25, 0.3) is 0 Å². The molecule has 0 aliphatic heterocycles. The van der Waals surface area contributed by atoms with Crippen molar-refractivity contribution in [1.82, 2.24) is 0 Å². The zero-order chi connectivity index (χ0) is 24.1. The Kier molecular flexibility index (Phi) is 7.13. The molecule has 0 bridgehead atoms. The summed E-state index contributed by atoms with van der Waals surface area (Å²) in [5, 5.41) is 0.686. The molecule has 0 heterocycles. The predicted octanol–water partition coefficient (Wildman–Crippen LogP) is 7.70. The Bertz CT molecular complexity index is 1420. The quantitative estimate of drug-likeness (QED) is 0.158. The van der Waals surface area contributed by atoms with Crippen LogP contribution in [0.15, 0.2) is 79.4 Å². The van der Waals surface area contributed by atoms with E-state index in [0.717, 1.165) is 30.0 Å². The van der Waals surface area contributed by atoms with Gasteiger partial charge in [-0.3, -0.25) is 0 Å². The number of hydrogen-bond donors (Lipinski definition) is 0. The summed E-state index contributed by atoms with van der Waals surface area (Å²) in [5.41, 5.74) is 3.07. The average molecular weight is 458 g/mol. The van der Waals surface area contributed by atoms with E-state index in [2.05, 4.69) is 18.4 Å². The van der Waals surface area contributed by atoms with Crippen molar-refractivity contribution < 1.29 is 17.6 Å². The van der Waals surface area contributed by atoms with Gasteiger partial charge in [-0.1, -0.05) is 48.2 Å². The Morgan fingerprint density at radius 1 is 0.676 bits per heavy atom. The van der Waals surface area contributed by atoms with Crippen LogP contribution in [0.4, 0.5) is 17.6 Å². The highest BCUT2D eigenvalue weighted by atomic mass is 19.2. The van der Waals surface area contributed by atoms with Gasteiger partial charge in [0.1, 0.15) is 11.6 Å². The van der Waals surface area contributed by atoms with Gasteiger partial charge < -0.3 is 0 Å². The smallest absolute Gasteiger partial charge is 0.166 e. The number of rotatable bonds is 6. The molecule has 0 fully saturated rings. The van der Waals surface area contributed by atoms with Crippen LogP contribution in [0, 0.1) is 35.1 Å². The fourth-order valence-electron chi connectivity index (χ4n) is 3.79. The van der Waals surface area contributed by atoms with E-state index in [1.807, 2.05) is 6.07 Å². The molecule has 0 atom stereocenters. The predicted molar refractivity (Wildman–Crippen MR) is 129 cm³/mol. The molecule has 4 aromatic rings. The molecule has 0 aromatic heterocycles. The first-order chi connectivity index (χ1) is 16.4. The zero-order valence-corrected chi connectivity index (χ0v) is 18.5. The van der Waals surface area contributed by atoms with Crippen molar-refractivity contribution in [3.05, 3.63) is 130 Å². The number of allylic oxidation sites excluding steroid dienone is 1. The Morgan fingerprint density at radius 2 is 1.44 bits per heavy atom. The second-order valence-electron chi connectivity index (χ2n) is 8.11.